The zero-order valence-corrected chi connectivity index (χ0v) is 30.2. The van der Waals surface area contributed by atoms with E-state index in [1.54, 1.807) is 63.4 Å². The first-order valence-electron chi connectivity index (χ1n) is 17.3. The van der Waals surface area contributed by atoms with Gasteiger partial charge in [0.15, 0.2) is 0 Å². The summed E-state index contributed by atoms with van der Waals surface area (Å²) in [5.74, 6) is 0.606. The summed E-state index contributed by atoms with van der Waals surface area (Å²) in [4.78, 5) is 36.0. The van der Waals surface area contributed by atoms with Crippen molar-refractivity contribution >= 4 is 33.6 Å². The molecule has 1 fully saturated rings. The summed E-state index contributed by atoms with van der Waals surface area (Å²) in [5.41, 5.74) is 3.78. The molecule has 2 amide bonds. The second-order valence-electron chi connectivity index (χ2n) is 13.4. The molecule has 6 rings (SSSR count). The molecule has 12 heteroatoms. The van der Waals surface area contributed by atoms with E-state index >= 15 is 0 Å². The van der Waals surface area contributed by atoms with Crippen LogP contribution in [-0.4, -0.2) is 53.6 Å². The summed E-state index contributed by atoms with van der Waals surface area (Å²) in [6, 6.07) is 21.0. The Morgan fingerprint density at radius 1 is 1.06 bits per heavy atom. The lowest BCUT2D eigenvalue weighted by Gasteiger charge is -2.24. The van der Waals surface area contributed by atoms with Gasteiger partial charge in [-0.2, -0.15) is 5.26 Å². The highest BCUT2D eigenvalue weighted by atomic mass is 32.2. The molecule has 1 spiro atoms. The molecule has 0 atom stereocenters. The quantitative estimate of drug-likeness (QED) is 0.165. The second kappa shape index (κ2) is 14.5. The minimum atomic E-state index is -4.14. The van der Waals surface area contributed by atoms with Crippen molar-refractivity contribution in [3.63, 3.8) is 0 Å². The van der Waals surface area contributed by atoms with Gasteiger partial charge in [0, 0.05) is 36.7 Å². The third kappa shape index (κ3) is 7.17. The number of carbonyl (C=O) groups excluding carboxylic acids is 2. The van der Waals surface area contributed by atoms with Crippen molar-refractivity contribution in [1.29, 1.82) is 5.26 Å². The topological polar surface area (TPSA) is 149 Å². The number of hydrogen-bond donors (Lipinski definition) is 1. The molecule has 4 aromatic rings. The maximum absolute atomic E-state index is 13.9. The van der Waals surface area contributed by atoms with Crippen molar-refractivity contribution in [2.75, 3.05) is 11.8 Å². The van der Waals surface area contributed by atoms with Gasteiger partial charge in [-0.25, -0.2) is 13.1 Å². The first-order chi connectivity index (χ1) is 24.5. The Balaban J connectivity index is 1.40. The molecular formula is C39H42N6O5S. The maximum Gasteiger partial charge on any atom is 0.264 e. The number of sulfonamides is 1. The monoisotopic (exact) mass is 706 g/mol. The Kier molecular flexibility index (Phi) is 10.1. The molecular weight excluding hydrogens is 665 g/mol. The largest absolute Gasteiger partial charge is 0.337 e. The predicted octanol–water partition coefficient (Wildman–Crippen LogP) is 7.15. The fourth-order valence-corrected chi connectivity index (χ4v) is 8.17. The van der Waals surface area contributed by atoms with Gasteiger partial charge in [-0.3, -0.25) is 19.5 Å². The molecule has 264 valence electrons. The molecule has 1 saturated carbocycles. The van der Waals surface area contributed by atoms with Crippen molar-refractivity contribution < 1.29 is 22.5 Å². The number of anilines is 1. The standard InChI is InChI=1S/C39H42N6O5S/c1-5-6-16-35-41-39(19-9-10-20-39)38(47)45(35)24-29-17-18-32(31(22-29)25-44(4)37(46)30-13-11-12-28(21-30)23-40)33-14-7-8-15-34(33)51(48,49)43-36-26(2)27(3)42-50-36/h7-8,11-15,17-18,21-22,43H,5-6,9-10,16,19-20,24-25H2,1-4H3. The number of aliphatic imine (C=N–C) groups is 1. The number of nitrogens with one attached hydrogen (secondary N) is 1. The molecule has 1 N–H and O–H groups in total. The van der Waals surface area contributed by atoms with Crippen molar-refractivity contribution in [3.05, 3.63) is 100 Å². The van der Waals surface area contributed by atoms with E-state index in [1.807, 2.05) is 23.1 Å². The van der Waals surface area contributed by atoms with Gasteiger partial charge < -0.3 is 9.42 Å². The summed E-state index contributed by atoms with van der Waals surface area (Å²) in [5, 5.41) is 13.3. The smallest absolute Gasteiger partial charge is 0.264 e. The average molecular weight is 707 g/mol. The van der Waals surface area contributed by atoms with E-state index < -0.39 is 15.6 Å². The molecule has 0 bridgehead atoms. The normalized spacial score (nSPS) is 15.2. The van der Waals surface area contributed by atoms with Crippen molar-refractivity contribution in [2.24, 2.45) is 4.99 Å². The number of benzene rings is 3. The van der Waals surface area contributed by atoms with Crippen molar-refractivity contribution in [2.45, 2.75) is 89.2 Å². The number of hydrogen-bond acceptors (Lipinski definition) is 8. The SMILES string of the molecule is CCCCC1=NC2(CCCC2)C(=O)N1Cc1ccc(-c2ccccc2S(=O)(=O)Nc2onc(C)c2C)c(CN(C)C(=O)c2cccc(C#N)c2)c1. The molecule has 3 aromatic carbocycles. The Hall–Kier alpha value is -5.28. The van der Waals surface area contributed by atoms with Gasteiger partial charge in [-0.05, 0) is 74.1 Å². The molecule has 51 heavy (non-hydrogen) atoms. The molecule has 2 heterocycles. The van der Waals surface area contributed by atoms with Crippen LogP contribution in [0.25, 0.3) is 11.1 Å². The molecule has 2 aliphatic rings. The molecule has 1 aliphatic heterocycles. The Morgan fingerprint density at radius 2 is 1.82 bits per heavy atom. The average Bonchev–Trinajstić information content (AvgIpc) is 3.81. The summed E-state index contributed by atoms with van der Waals surface area (Å²) in [6.07, 6.45) is 6.10. The number of amidine groups is 1. The molecule has 11 nitrogen and oxygen atoms in total. The fourth-order valence-electron chi connectivity index (χ4n) is 6.90. The first-order valence-corrected chi connectivity index (χ1v) is 18.8. The summed E-state index contributed by atoms with van der Waals surface area (Å²) < 4.78 is 35.6. The Bertz CT molecular complexity index is 2160. The molecule has 0 unspecified atom stereocenters. The number of amides is 2. The van der Waals surface area contributed by atoms with Gasteiger partial charge in [0.2, 0.25) is 5.88 Å². The number of nitrogens with zero attached hydrogens (tertiary/aromatic N) is 5. The zero-order chi connectivity index (χ0) is 36.3. The van der Waals surface area contributed by atoms with Crippen LogP contribution in [0.2, 0.25) is 0 Å². The van der Waals surface area contributed by atoms with E-state index in [9.17, 15) is 23.3 Å². The highest BCUT2D eigenvalue weighted by Crippen LogP contribution is 2.40. The highest BCUT2D eigenvalue weighted by Gasteiger charge is 2.49. The number of unbranched alkanes of at least 4 members (excludes halogenated alkanes) is 1. The van der Waals surface area contributed by atoms with Crippen LogP contribution in [0.3, 0.4) is 0 Å². The lowest BCUT2D eigenvalue weighted by atomic mass is 9.95. The number of nitriles is 1. The number of aryl methyl sites for hydroxylation is 1. The second-order valence-corrected chi connectivity index (χ2v) is 15.1. The van der Waals surface area contributed by atoms with Gasteiger partial charge in [0.25, 0.3) is 21.8 Å². The predicted molar refractivity (Wildman–Crippen MR) is 194 cm³/mol. The molecule has 0 radical (unpaired) electrons. The van der Waals surface area contributed by atoms with Gasteiger partial charge in [0.1, 0.15) is 11.4 Å². The maximum atomic E-state index is 13.9. The minimum Gasteiger partial charge on any atom is -0.337 e. The van der Waals surface area contributed by atoms with Crippen LogP contribution in [0.4, 0.5) is 5.88 Å². The lowest BCUT2D eigenvalue weighted by molar-refractivity contribution is -0.131. The first kappa shape index (κ1) is 35.5. The Labute approximate surface area is 299 Å². The van der Waals surface area contributed by atoms with Crippen molar-refractivity contribution in [1.82, 2.24) is 15.0 Å². The summed E-state index contributed by atoms with van der Waals surface area (Å²) in [6.45, 7) is 6.01. The van der Waals surface area contributed by atoms with Crippen LogP contribution in [0, 0.1) is 25.2 Å². The molecule has 1 aliphatic carbocycles. The van der Waals surface area contributed by atoms with E-state index in [0.29, 0.717) is 45.6 Å². The van der Waals surface area contributed by atoms with Crippen LogP contribution in [0.5, 0.6) is 0 Å². The molecule has 1 aromatic heterocycles. The Morgan fingerprint density at radius 3 is 2.53 bits per heavy atom. The van der Waals surface area contributed by atoms with E-state index in [0.717, 1.165) is 56.3 Å². The molecule has 0 saturated heterocycles. The minimum absolute atomic E-state index is 0.0232. The fraction of sp³-hybridized carbons (Fsp3) is 0.359. The van der Waals surface area contributed by atoms with Crippen LogP contribution >= 0.6 is 0 Å². The van der Waals surface area contributed by atoms with Gasteiger partial charge in [-0.1, -0.05) is 73.8 Å². The number of aromatic nitrogens is 1. The lowest BCUT2D eigenvalue weighted by Crippen LogP contribution is -2.40. The van der Waals surface area contributed by atoms with Crippen LogP contribution in [-0.2, 0) is 27.9 Å². The van der Waals surface area contributed by atoms with Gasteiger partial charge >= 0.3 is 0 Å². The van der Waals surface area contributed by atoms with Gasteiger partial charge in [-0.15, -0.1) is 0 Å². The number of rotatable bonds is 12. The van der Waals surface area contributed by atoms with Gasteiger partial charge in [0.05, 0.1) is 28.8 Å². The third-order valence-corrected chi connectivity index (χ3v) is 11.2. The van der Waals surface area contributed by atoms with Crippen LogP contribution in [0.15, 0.2) is 81.1 Å². The van der Waals surface area contributed by atoms with Crippen molar-refractivity contribution in [3.8, 4) is 17.2 Å². The summed E-state index contributed by atoms with van der Waals surface area (Å²) in [7, 11) is -2.48. The van der Waals surface area contributed by atoms with E-state index in [4.69, 9.17) is 9.52 Å². The van der Waals surface area contributed by atoms with E-state index in [1.165, 1.54) is 11.0 Å². The third-order valence-electron chi connectivity index (χ3n) is 9.84. The highest BCUT2D eigenvalue weighted by molar-refractivity contribution is 7.92. The van der Waals surface area contributed by atoms with E-state index in [-0.39, 0.29) is 29.1 Å². The number of carbonyl (C=O) groups is 2. The summed E-state index contributed by atoms with van der Waals surface area (Å²) >= 11 is 0. The zero-order valence-electron chi connectivity index (χ0n) is 29.4. The van der Waals surface area contributed by atoms with E-state index in [2.05, 4.69) is 22.9 Å². The van der Waals surface area contributed by atoms with Crippen LogP contribution < -0.4 is 4.72 Å². The van der Waals surface area contributed by atoms with Crippen LogP contribution in [0.1, 0.15) is 90.2 Å².